The second-order valence-electron chi connectivity index (χ2n) is 4.63. The van der Waals surface area contributed by atoms with Crippen LogP contribution in [0.3, 0.4) is 0 Å². The summed E-state index contributed by atoms with van der Waals surface area (Å²) >= 11 is 1.59. The monoisotopic (exact) mass is 253 g/mol. The van der Waals surface area contributed by atoms with E-state index in [1.165, 1.54) is 0 Å². The fourth-order valence-corrected chi connectivity index (χ4v) is 3.15. The second-order valence-corrected chi connectivity index (χ2v) is 5.58. The molecule has 1 amide bonds. The number of carbonyl (C=O) groups excluding carboxylic acids is 1. The van der Waals surface area contributed by atoms with Gasteiger partial charge >= 0.3 is 0 Å². The summed E-state index contributed by atoms with van der Waals surface area (Å²) in [6.45, 7) is 3.13. The van der Waals surface area contributed by atoms with E-state index >= 15 is 0 Å². The van der Waals surface area contributed by atoms with E-state index in [-0.39, 0.29) is 11.8 Å². The van der Waals surface area contributed by atoms with Gasteiger partial charge in [0.2, 0.25) is 5.91 Å². The topological polar surface area (TPSA) is 68.0 Å². The number of aryl methyl sites for hydroxylation is 1. The van der Waals surface area contributed by atoms with Crippen LogP contribution in [0.1, 0.15) is 30.0 Å². The summed E-state index contributed by atoms with van der Waals surface area (Å²) in [4.78, 5) is 16.3. The van der Waals surface area contributed by atoms with Crippen LogP contribution in [0, 0.1) is 18.8 Å². The Morgan fingerprint density at radius 1 is 1.65 bits per heavy atom. The van der Waals surface area contributed by atoms with Crippen LogP contribution in [0.4, 0.5) is 0 Å². The van der Waals surface area contributed by atoms with Gasteiger partial charge in [-0.25, -0.2) is 4.98 Å². The molecule has 4 nitrogen and oxygen atoms in total. The average molecular weight is 253 g/mol. The minimum absolute atomic E-state index is 0.112. The molecule has 5 heteroatoms. The van der Waals surface area contributed by atoms with Crippen LogP contribution in [-0.4, -0.2) is 17.4 Å². The van der Waals surface area contributed by atoms with Crippen molar-refractivity contribution in [2.75, 3.05) is 6.54 Å². The van der Waals surface area contributed by atoms with Gasteiger partial charge in [0, 0.05) is 17.0 Å². The standard InChI is InChI=1S/C12H19N3OS/c1-8-7-17-11(15-8)6-14-12(16)10-4-2-3-9(10)5-13/h7,9-10H,2-6,13H2,1H3,(H,14,16). The highest BCUT2D eigenvalue weighted by molar-refractivity contribution is 7.09. The Morgan fingerprint density at radius 3 is 3.12 bits per heavy atom. The highest BCUT2D eigenvalue weighted by Gasteiger charge is 2.31. The third kappa shape index (κ3) is 3.04. The van der Waals surface area contributed by atoms with Gasteiger partial charge in [-0.05, 0) is 32.2 Å². The molecule has 2 rings (SSSR count). The summed E-state index contributed by atoms with van der Waals surface area (Å²) in [5.74, 6) is 0.625. The largest absolute Gasteiger partial charge is 0.349 e. The smallest absolute Gasteiger partial charge is 0.223 e. The molecule has 0 radical (unpaired) electrons. The summed E-state index contributed by atoms with van der Waals surface area (Å²) in [6, 6.07) is 0. The van der Waals surface area contributed by atoms with Crippen molar-refractivity contribution in [1.29, 1.82) is 0 Å². The number of hydrogen-bond acceptors (Lipinski definition) is 4. The van der Waals surface area contributed by atoms with Crippen molar-refractivity contribution >= 4 is 17.2 Å². The molecule has 1 fully saturated rings. The Hall–Kier alpha value is -0.940. The first kappa shape index (κ1) is 12.5. The fraction of sp³-hybridized carbons (Fsp3) is 0.667. The minimum atomic E-state index is 0.112. The molecule has 0 saturated heterocycles. The maximum Gasteiger partial charge on any atom is 0.223 e. The highest BCUT2D eigenvalue weighted by atomic mass is 32.1. The molecular weight excluding hydrogens is 234 g/mol. The average Bonchev–Trinajstić information content (AvgIpc) is 2.94. The quantitative estimate of drug-likeness (QED) is 0.853. The second kappa shape index (κ2) is 5.60. The van der Waals surface area contributed by atoms with Crippen LogP contribution >= 0.6 is 11.3 Å². The number of aromatic nitrogens is 1. The summed E-state index contributed by atoms with van der Waals surface area (Å²) in [5, 5.41) is 5.94. The lowest BCUT2D eigenvalue weighted by Crippen LogP contribution is -2.34. The molecule has 0 aromatic carbocycles. The normalized spacial score (nSPS) is 23.9. The van der Waals surface area contributed by atoms with E-state index in [1.807, 2.05) is 12.3 Å². The van der Waals surface area contributed by atoms with Crippen LogP contribution in [0.5, 0.6) is 0 Å². The predicted molar refractivity (Wildman–Crippen MR) is 68.6 cm³/mol. The lowest BCUT2D eigenvalue weighted by Gasteiger charge is -2.16. The minimum Gasteiger partial charge on any atom is -0.349 e. The molecule has 17 heavy (non-hydrogen) atoms. The summed E-state index contributed by atoms with van der Waals surface area (Å²) in [6.07, 6.45) is 3.19. The molecule has 1 aromatic heterocycles. The van der Waals surface area contributed by atoms with Crippen molar-refractivity contribution in [2.24, 2.45) is 17.6 Å². The van der Waals surface area contributed by atoms with Crippen molar-refractivity contribution in [1.82, 2.24) is 10.3 Å². The van der Waals surface area contributed by atoms with E-state index in [2.05, 4.69) is 10.3 Å². The SMILES string of the molecule is Cc1csc(CNC(=O)C2CCCC2CN)n1. The van der Waals surface area contributed by atoms with E-state index in [0.717, 1.165) is 30.0 Å². The maximum atomic E-state index is 12.0. The molecular formula is C12H19N3OS. The van der Waals surface area contributed by atoms with Gasteiger partial charge in [-0.1, -0.05) is 6.42 Å². The third-order valence-electron chi connectivity index (χ3n) is 3.38. The molecule has 0 aliphatic heterocycles. The zero-order chi connectivity index (χ0) is 12.3. The maximum absolute atomic E-state index is 12.0. The van der Waals surface area contributed by atoms with E-state index in [1.54, 1.807) is 11.3 Å². The fourth-order valence-electron chi connectivity index (χ4n) is 2.44. The molecule has 1 heterocycles. The first-order valence-electron chi connectivity index (χ1n) is 6.09. The van der Waals surface area contributed by atoms with E-state index in [4.69, 9.17) is 5.73 Å². The molecule has 0 spiro atoms. The Labute approximate surface area is 106 Å². The molecule has 3 N–H and O–H groups in total. The lowest BCUT2D eigenvalue weighted by atomic mass is 9.95. The summed E-state index contributed by atoms with van der Waals surface area (Å²) in [7, 11) is 0. The first-order chi connectivity index (χ1) is 8.20. The number of nitrogens with zero attached hydrogens (tertiary/aromatic N) is 1. The highest BCUT2D eigenvalue weighted by Crippen LogP contribution is 2.30. The number of rotatable bonds is 4. The van der Waals surface area contributed by atoms with E-state index in [0.29, 0.717) is 19.0 Å². The molecule has 1 aromatic rings. The molecule has 2 unspecified atom stereocenters. The first-order valence-corrected chi connectivity index (χ1v) is 6.97. The van der Waals surface area contributed by atoms with Gasteiger partial charge in [-0.3, -0.25) is 4.79 Å². The Kier molecular flexibility index (Phi) is 4.12. The van der Waals surface area contributed by atoms with Gasteiger partial charge in [0.25, 0.3) is 0 Å². The van der Waals surface area contributed by atoms with Crippen molar-refractivity contribution in [3.63, 3.8) is 0 Å². The molecule has 1 aliphatic carbocycles. The number of hydrogen-bond donors (Lipinski definition) is 2. The number of amides is 1. The van der Waals surface area contributed by atoms with Gasteiger partial charge in [0.1, 0.15) is 5.01 Å². The third-order valence-corrected chi connectivity index (χ3v) is 4.35. The molecule has 1 aliphatic rings. The van der Waals surface area contributed by atoms with Gasteiger partial charge in [-0.2, -0.15) is 0 Å². The van der Waals surface area contributed by atoms with Gasteiger partial charge in [-0.15, -0.1) is 11.3 Å². The van der Waals surface area contributed by atoms with Crippen LogP contribution in [0.2, 0.25) is 0 Å². The zero-order valence-electron chi connectivity index (χ0n) is 10.1. The molecule has 2 atom stereocenters. The Balaban J connectivity index is 1.84. The lowest BCUT2D eigenvalue weighted by molar-refractivity contribution is -0.126. The summed E-state index contributed by atoms with van der Waals surface area (Å²) < 4.78 is 0. The van der Waals surface area contributed by atoms with Crippen molar-refractivity contribution in [2.45, 2.75) is 32.7 Å². The number of thiazole rings is 1. The summed E-state index contributed by atoms with van der Waals surface area (Å²) in [5.41, 5.74) is 6.70. The number of carbonyl (C=O) groups is 1. The van der Waals surface area contributed by atoms with Crippen LogP contribution in [-0.2, 0) is 11.3 Å². The molecule has 94 valence electrons. The van der Waals surface area contributed by atoms with E-state index in [9.17, 15) is 4.79 Å². The number of nitrogens with two attached hydrogens (primary N) is 1. The molecule has 1 saturated carbocycles. The predicted octanol–water partition coefficient (Wildman–Crippen LogP) is 1.44. The van der Waals surface area contributed by atoms with Gasteiger partial charge in [0.15, 0.2) is 0 Å². The zero-order valence-corrected chi connectivity index (χ0v) is 10.9. The van der Waals surface area contributed by atoms with Gasteiger partial charge < -0.3 is 11.1 Å². The Morgan fingerprint density at radius 2 is 2.47 bits per heavy atom. The van der Waals surface area contributed by atoms with Crippen molar-refractivity contribution in [3.05, 3.63) is 16.1 Å². The van der Waals surface area contributed by atoms with Crippen molar-refractivity contribution in [3.8, 4) is 0 Å². The van der Waals surface area contributed by atoms with Crippen LogP contribution in [0.15, 0.2) is 5.38 Å². The Bertz CT molecular complexity index is 391. The van der Waals surface area contributed by atoms with E-state index < -0.39 is 0 Å². The van der Waals surface area contributed by atoms with Gasteiger partial charge in [0.05, 0.1) is 6.54 Å². The molecule has 0 bridgehead atoms. The van der Waals surface area contributed by atoms with Crippen LogP contribution in [0.25, 0.3) is 0 Å². The van der Waals surface area contributed by atoms with Crippen LogP contribution < -0.4 is 11.1 Å². The van der Waals surface area contributed by atoms with Crippen molar-refractivity contribution < 1.29 is 4.79 Å². The number of nitrogens with one attached hydrogen (secondary N) is 1.